The van der Waals surface area contributed by atoms with Gasteiger partial charge >= 0.3 is 0 Å². The van der Waals surface area contributed by atoms with Crippen LogP contribution in [0.25, 0.3) is 10.8 Å². The van der Waals surface area contributed by atoms with E-state index in [1.807, 2.05) is 18.2 Å². The molecule has 0 unspecified atom stereocenters. The van der Waals surface area contributed by atoms with Crippen LogP contribution in [-0.4, -0.2) is 22.6 Å². The molecule has 0 fully saturated rings. The van der Waals surface area contributed by atoms with Crippen LogP contribution in [0.2, 0.25) is 5.02 Å². The molecule has 0 aliphatic heterocycles. The van der Waals surface area contributed by atoms with Crippen LogP contribution in [0.15, 0.2) is 90.0 Å². The van der Waals surface area contributed by atoms with E-state index in [-0.39, 0.29) is 17.2 Å². The van der Waals surface area contributed by atoms with Crippen molar-refractivity contribution in [3.05, 3.63) is 107 Å². The topological polar surface area (TPSA) is 90.8 Å². The molecule has 0 aromatic heterocycles. The largest absolute Gasteiger partial charge is 0.507 e. The highest BCUT2D eigenvalue weighted by molar-refractivity contribution is 6.31. The molecule has 4 aromatic carbocycles. The molecule has 0 saturated heterocycles. The second kappa shape index (κ2) is 9.54. The zero-order valence-electron chi connectivity index (χ0n) is 17.7. The first-order chi connectivity index (χ1) is 15.9. The third kappa shape index (κ3) is 5.02. The van der Waals surface area contributed by atoms with Gasteiger partial charge < -0.3 is 10.4 Å². The van der Waals surface area contributed by atoms with Gasteiger partial charge in [-0.15, -0.1) is 0 Å². The van der Waals surface area contributed by atoms with Crippen LogP contribution in [0.4, 0.5) is 5.69 Å². The SMILES string of the molecule is C/C(=N/NC(=O)c1c(O)ccc2ccccc12)c1cccc(NC(=O)c2cccc(Cl)c2)c1. The molecule has 164 valence electrons. The number of amides is 2. The van der Waals surface area contributed by atoms with Crippen molar-refractivity contribution in [1.29, 1.82) is 0 Å². The summed E-state index contributed by atoms with van der Waals surface area (Å²) in [5, 5.41) is 19.2. The van der Waals surface area contributed by atoms with Gasteiger partial charge in [0.2, 0.25) is 0 Å². The zero-order chi connectivity index (χ0) is 23.4. The van der Waals surface area contributed by atoms with Crippen molar-refractivity contribution in [2.75, 3.05) is 5.32 Å². The number of halogens is 1. The van der Waals surface area contributed by atoms with Crippen LogP contribution in [-0.2, 0) is 0 Å². The van der Waals surface area contributed by atoms with Crippen LogP contribution in [0, 0.1) is 0 Å². The minimum Gasteiger partial charge on any atom is -0.507 e. The van der Waals surface area contributed by atoms with Crippen molar-refractivity contribution in [2.24, 2.45) is 5.10 Å². The second-order valence-electron chi connectivity index (χ2n) is 7.36. The maximum atomic E-state index is 12.8. The Morgan fingerprint density at radius 2 is 1.61 bits per heavy atom. The lowest BCUT2D eigenvalue weighted by atomic mass is 10.0. The standard InChI is InChI=1S/C26H20ClN3O3/c1-16(29-30-26(33)24-22-11-3-2-6-17(22)12-13-23(24)31)18-7-5-10-21(15-18)28-25(32)19-8-4-9-20(27)14-19/h2-15,31H,1H3,(H,28,32)(H,30,33)/b29-16-. The van der Waals surface area contributed by atoms with Gasteiger partial charge in [-0.3, -0.25) is 9.59 Å². The van der Waals surface area contributed by atoms with E-state index in [1.54, 1.807) is 67.6 Å². The third-order valence-corrected chi connectivity index (χ3v) is 5.32. The number of hydrogen-bond acceptors (Lipinski definition) is 4. The lowest BCUT2D eigenvalue weighted by molar-refractivity contribution is 0.0953. The van der Waals surface area contributed by atoms with E-state index >= 15 is 0 Å². The van der Waals surface area contributed by atoms with E-state index in [2.05, 4.69) is 15.8 Å². The molecular weight excluding hydrogens is 438 g/mol. The highest BCUT2D eigenvalue weighted by Gasteiger charge is 2.15. The van der Waals surface area contributed by atoms with Gasteiger partial charge in [0.15, 0.2) is 0 Å². The Kier molecular flexibility index (Phi) is 6.38. The summed E-state index contributed by atoms with van der Waals surface area (Å²) in [5.74, 6) is -0.928. The van der Waals surface area contributed by atoms with Crippen molar-refractivity contribution in [1.82, 2.24) is 5.43 Å². The molecule has 3 N–H and O–H groups in total. The number of nitrogens with zero attached hydrogens (tertiary/aromatic N) is 1. The Bertz CT molecular complexity index is 1400. The summed E-state index contributed by atoms with van der Waals surface area (Å²) in [5.41, 5.74) is 4.93. The monoisotopic (exact) mass is 457 g/mol. The van der Waals surface area contributed by atoms with Gasteiger partial charge in [-0.25, -0.2) is 5.43 Å². The highest BCUT2D eigenvalue weighted by Crippen LogP contribution is 2.27. The molecule has 0 atom stereocenters. The number of hydrazone groups is 1. The van der Waals surface area contributed by atoms with Gasteiger partial charge in [-0.05, 0) is 59.7 Å². The highest BCUT2D eigenvalue weighted by atomic mass is 35.5. The number of phenols is 1. The van der Waals surface area contributed by atoms with E-state index in [0.29, 0.717) is 32.9 Å². The number of hydrogen-bond donors (Lipinski definition) is 3. The molecule has 0 aliphatic rings. The molecule has 0 radical (unpaired) electrons. The summed E-state index contributed by atoms with van der Waals surface area (Å²) < 4.78 is 0. The summed E-state index contributed by atoms with van der Waals surface area (Å²) in [6, 6.07) is 24.3. The van der Waals surface area contributed by atoms with Crippen LogP contribution in [0.5, 0.6) is 5.75 Å². The fourth-order valence-corrected chi connectivity index (χ4v) is 3.60. The number of nitrogens with one attached hydrogen (secondary N) is 2. The molecule has 7 heteroatoms. The van der Waals surface area contributed by atoms with E-state index in [9.17, 15) is 14.7 Å². The lowest BCUT2D eigenvalue weighted by Gasteiger charge is -2.09. The summed E-state index contributed by atoms with van der Waals surface area (Å²) >= 11 is 5.96. The Hall–Kier alpha value is -4.16. The molecule has 6 nitrogen and oxygen atoms in total. The summed E-state index contributed by atoms with van der Waals surface area (Å²) in [6.45, 7) is 1.74. The molecule has 0 aliphatic carbocycles. The van der Waals surface area contributed by atoms with E-state index < -0.39 is 5.91 Å². The van der Waals surface area contributed by atoms with Crippen LogP contribution < -0.4 is 10.7 Å². The van der Waals surface area contributed by atoms with E-state index in [1.165, 1.54) is 6.07 Å². The maximum absolute atomic E-state index is 12.8. The molecule has 2 amide bonds. The van der Waals surface area contributed by atoms with Gasteiger partial charge in [0.05, 0.1) is 11.3 Å². The fraction of sp³-hybridized carbons (Fsp3) is 0.0385. The second-order valence-corrected chi connectivity index (χ2v) is 7.80. The average Bonchev–Trinajstić information content (AvgIpc) is 2.82. The van der Waals surface area contributed by atoms with Gasteiger partial charge in [0.1, 0.15) is 5.75 Å². The number of aromatic hydroxyl groups is 1. The first-order valence-corrected chi connectivity index (χ1v) is 10.5. The number of carbonyl (C=O) groups excluding carboxylic acids is 2. The van der Waals surface area contributed by atoms with Crippen LogP contribution in [0.3, 0.4) is 0 Å². The zero-order valence-corrected chi connectivity index (χ0v) is 18.4. The van der Waals surface area contributed by atoms with Crippen molar-refractivity contribution in [2.45, 2.75) is 6.92 Å². The average molecular weight is 458 g/mol. The summed E-state index contributed by atoms with van der Waals surface area (Å²) in [7, 11) is 0. The van der Waals surface area contributed by atoms with Gasteiger partial charge in [0.25, 0.3) is 11.8 Å². The number of anilines is 1. The molecular formula is C26H20ClN3O3. The van der Waals surface area contributed by atoms with Crippen molar-refractivity contribution in [3.63, 3.8) is 0 Å². The minimum absolute atomic E-state index is 0.121. The van der Waals surface area contributed by atoms with E-state index in [4.69, 9.17) is 11.6 Å². The predicted molar refractivity (Wildman–Crippen MR) is 131 cm³/mol. The Balaban J connectivity index is 1.51. The van der Waals surface area contributed by atoms with Crippen molar-refractivity contribution < 1.29 is 14.7 Å². The number of fused-ring (bicyclic) bond motifs is 1. The Morgan fingerprint density at radius 1 is 0.848 bits per heavy atom. The summed E-state index contributed by atoms with van der Waals surface area (Å²) in [4.78, 5) is 25.2. The molecule has 0 bridgehead atoms. The Labute approximate surface area is 195 Å². The maximum Gasteiger partial charge on any atom is 0.275 e. The van der Waals surface area contributed by atoms with Crippen molar-refractivity contribution >= 4 is 45.6 Å². The molecule has 0 saturated carbocycles. The summed E-state index contributed by atoms with van der Waals surface area (Å²) in [6.07, 6.45) is 0. The third-order valence-electron chi connectivity index (χ3n) is 5.08. The van der Waals surface area contributed by atoms with Crippen LogP contribution in [0.1, 0.15) is 33.2 Å². The molecule has 0 heterocycles. The molecule has 4 aromatic rings. The molecule has 4 rings (SSSR count). The quantitative estimate of drug-likeness (QED) is 0.269. The number of carbonyl (C=O) groups is 2. The number of phenolic OH excluding ortho intramolecular Hbond substituents is 1. The predicted octanol–water partition coefficient (Wildman–Crippen LogP) is 5.61. The van der Waals surface area contributed by atoms with Crippen molar-refractivity contribution in [3.8, 4) is 5.75 Å². The molecule has 33 heavy (non-hydrogen) atoms. The minimum atomic E-state index is -0.519. The Morgan fingerprint density at radius 3 is 2.42 bits per heavy atom. The van der Waals surface area contributed by atoms with E-state index in [0.717, 1.165) is 5.39 Å². The number of benzene rings is 4. The molecule has 0 spiro atoms. The lowest BCUT2D eigenvalue weighted by Crippen LogP contribution is -2.20. The van der Waals surface area contributed by atoms with Gasteiger partial charge in [-0.1, -0.05) is 60.1 Å². The number of rotatable bonds is 5. The smallest absolute Gasteiger partial charge is 0.275 e. The fourth-order valence-electron chi connectivity index (χ4n) is 3.41. The normalized spacial score (nSPS) is 11.3. The van der Waals surface area contributed by atoms with Crippen LogP contribution >= 0.6 is 11.6 Å². The first-order valence-electron chi connectivity index (χ1n) is 10.1. The first kappa shape index (κ1) is 22.0. The van der Waals surface area contributed by atoms with Gasteiger partial charge in [-0.2, -0.15) is 5.10 Å². The van der Waals surface area contributed by atoms with Gasteiger partial charge in [0, 0.05) is 16.3 Å².